The van der Waals surface area contributed by atoms with E-state index >= 15 is 0 Å². The number of benzene rings is 1. The number of nitrogens with one attached hydrogen (secondary N) is 2. The van der Waals surface area contributed by atoms with E-state index in [0.29, 0.717) is 11.6 Å². The summed E-state index contributed by atoms with van der Waals surface area (Å²) < 4.78 is 0. The number of aromatic carboxylic acids is 1. The lowest BCUT2D eigenvalue weighted by Crippen LogP contribution is -2.21. The van der Waals surface area contributed by atoms with Gasteiger partial charge in [0.2, 0.25) is 0 Å². The molecule has 1 heterocycles. The van der Waals surface area contributed by atoms with Gasteiger partial charge in [0.1, 0.15) is 0 Å². The summed E-state index contributed by atoms with van der Waals surface area (Å²) in [5.74, 6) is -0.879. The highest BCUT2D eigenvalue weighted by atomic mass is 16.4. The van der Waals surface area contributed by atoms with Crippen LogP contribution in [0.5, 0.6) is 0 Å². The zero-order chi connectivity index (χ0) is 12.1. The van der Waals surface area contributed by atoms with Crippen LogP contribution in [0.1, 0.15) is 29.6 Å². The topological polar surface area (TPSA) is 61.4 Å². The van der Waals surface area contributed by atoms with E-state index < -0.39 is 5.97 Å². The van der Waals surface area contributed by atoms with Crippen molar-refractivity contribution in [2.75, 3.05) is 18.4 Å². The Bertz CT molecular complexity index is 368. The zero-order valence-corrected chi connectivity index (χ0v) is 9.78. The van der Waals surface area contributed by atoms with Gasteiger partial charge in [-0.3, -0.25) is 0 Å². The molecular formula is C13H18N2O2. The Labute approximate surface area is 101 Å². The molecule has 3 N–H and O–H groups in total. The van der Waals surface area contributed by atoms with Gasteiger partial charge in [-0.25, -0.2) is 4.79 Å². The van der Waals surface area contributed by atoms with E-state index in [1.165, 1.54) is 6.42 Å². The highest BCUT2D eigenvalue weighted by Gasteiger charge is 2.11. The maximum absolute atomic E-state index is 10.7. The summed E-state index contributed by atoms with van der Waals surface area (Å²) in [6, 6.07) is 7.43. The Balaban J connectivity index is 1.95. The molecule has 1 aliphatic rings. The second-order valence-electron chi connectivity index (χ2n) is 4.40. The molecule has 2 rings (SSSR count). The van der Waals surface area contributed by atoms with Crippen LogP contribution in [0.3, 0.4) is 0 Å². The fourth-order valence-corrected chi connectivity index (χ4v) is 2.11. The number of hydrogen-bond donors (Lipinski definition) is 3. The number of carboxylic acids is 1. The van der Waals surface area contributed by atoms with E-state index in [2.05, 4.69) is 10.6 Å². The molecule has 0 saturated carbocycles. The second-order valence-corrected chi connectivity index (χ2v) is 4.40. The average Bonchev–Trinajstić information content (AvgIpc) is 2.58. The number of rotatable bonds is 3. The Kier molecular flexibility index (Phi) is 3.98. The molecule has 1 saturated heterocycles. The Morgan fingerprint density at radius 3 is 2.71 bits per heavy atom. The summed E-state index contributed by atoms with van der Waals surface area (Å²) in [7, 11) is 0. The van der Waals surface area contributed by atoms with E-state index in [1.54, 1.807) is 12.1 Å². The SMILES string of the molecule is O=C(O)c1ccc(NC2CCCNCC2)cc1. The number of carbonyl (C=O) groups is 1. The summed E-state index contributed by atoms with van der Waals surface area (Å²) in [6.45, 7) is 2.14. The van der Waals surface area contributed by atoms with Gasteiger partial charge in [-0.1, -0.05) is 0 Å². The molecule has 1 aromatic rings. The van der Waals surface area contributed by atoms with Crippen LogP contribution in [0.25, 0.3) is 0 Å². The predicted octanol–water partition coefficient (Wildman–Crippen LogP) is 1.94. The van der Waals surface area contributed by atoms with Crippen LogP contribution >= 0.6 is 0 Å². The first kappa shape index (κ1) is 11.9. The zero-order valence-electron chi connectivity index (χ0n) is 9.78. The molecule has 92 valence electrons. The van der Waals surface area contributed by atoms with Crippen LogP contribution in [0, 0.1) is 0 Å². The maximum Gasteiger partial charge on any atom is 0.335 e. The van der Waals surface area contributed by atoms with Crippen molar-refractivity contribution in [2.45, 2.75) is 25.3 Å². The van der Waals surface area contributed by atoms with Crippen molar-refractivity contribution < 1.29 is 9.90 Å². The molecule has 1 fully saturated rings. The van der Waals surface area contributed by atoms with Gasteiger partial charge in [-0.05, 0) is 56.6 Å². The van der Waals surface area contributed by atoms with Crippen LogP contribution in [-0.2, 0) is 0 Å². The van der Waals surface area contributed by atoms with Gasteiger partial charge in [-0.15, -0.1) is 0 Å². The number of hydrogen-bond acceptors (Lipinski definition) is 3. The van der Waals surface area contributed by atoms with Gasteiger partial charge in [0.05, 0.1) is 5.56 Å². The van der Waals surface area contributed by atoms with Crippen LogP contribution in [-0.4, -0.2) is 30.2 Å². The van der Waals surface area contributed by atoms with Crippen molar-refractivity contribution in [1.29, 1.82) is 0 Å². The molecule has 1 aromatic carbocycles. The first-order chi connectivity index (χ1) is 8.25. The third-order valence-corrected chi connectivity index (χ3v) is 3.08. The summed E-state index contributed by atoms with van der Waals surface area (Å²) >= 11 is 0. The van der Waals surface area contributed by atoms with E-state index in [-0.39, 0.29) is 0 Å². The molecule has 1 unspecified atom stereocenters. The summed E-state index contributed by atoms with van der Waals surface area (Å²) in [5.41, 5.74) is 1.33. The molecule has 1 aliphatic heterocycles. The summed E-state index contributed by atoms with van der Waals surface area (Å²) in [4.78, 5) is 10.7. The molecule has 0 radical (unpaired) electrons. The van der Waals surface area contributed by atoms with E-state index in [9.17, 15) is 4.79 Å². The van der Waals surface area contributed by atoms with Gasteiger partial charge in [0.15, 0.2) is 0 Å². The fourth-order valence-electron chi connectivity index (χ4n) is 2.11. The van der Waals surface area contributed by atoms with Crippen molar-refractivity contribution in [2.24, 2.45) is 0 Å². The van der Waals surface area contributed by atoms with Crippen molar-refractivity contribution in [3.63, 3.8) is 0 Å². The van der Waals surface area contributed by atoms with Crippen molar-refractivity contribution in [3.05, 3.63) is 29.8 Å². The largest absolute Gasteiger partial charge is 0.478 e. The third-order valence-electron chi connectivity index (χ3n) is 3.08. The molecule has 4 heteroatoms. The average molecular weight is 234 g/mol. The van der Waals surface area contributed by atoms with Crippen molar-refractivity contribution in [1.82, 2.24) is 5.32 Å². The van der Waals surface area contributed by atoms with Crippen LogP contribution in [0.4, 0.5) is 5.69 Å². The monoisotopic (exact) mass is 234 g/mol. The van der Waals surface area contributed by atoms with Gasteiger partial charge in [0.25, 0.3) is 0 Å². The van der Waals surface area contributed by atoms with Crippen LogP contribution in [0.2, 0.25) is 0 Å². The minimum absolute atomic E-state index is 0.332. The minimum atomic E-state index is -0.879. The van der Waals surface area contributed by atoms with E-state index in [0.717, 1.165) is 31.6 Å². The smallest absolute Gasteiger partial charge is 0.335 e. The third kappa shape index (κ3) is 3.46. The molecule has 4 nitrogen and oxygen atoms in total. The van der Waals surface area contributed by atoms with Gasteiger partial charge >= 0.3 is 5.97 Å². The standard InChI is InChI=1S/C13H18N2O2/c16-13(17)10-3-5-12(6-4-10)15-11-2-1-8-14-9-7-11/h3-6,11,14-15H,1-2,7-9H2,(H,16,17). The lowest BCUT2D eigenvalue weighted by Gasteiger charge is -2.17. The number of carboxylic acid groups (broad SMARTS) is 1. The van der Waals surface area contributed by atoms with Crippen LogP contribution in [0.15, 0.2) is 24.3 Å². The molecule has 0 aliphatic carbocycles. The number of anilines is 1. The molecular weight excluding hydrogens is 216 g/mol. The Hall–Kier alpha value is -1.55. The van der Waals surface area contributed by atoms with Crippen LogP contribution < -0.4 is 10.6 Å². The van der Waals surface area contributed by atoms with Gasteiger partial charge < -0.3 is 15.7 Å². The predicted molar refractivity (Wildman–Crippen MR) is 67.5 cm³/mol. The van der Waals surface area contributed by atoms with Gasteiger partial charge in [-0.2, -0.15) is 0 Å². The first-order valence-electron chi connectivity index (χ1n) is 6.06. The van der Waals surface area contributed by atoms with Crippen molar-refractivity contribution in [3.8, 4) is 0 Å². The molecule has 17 heavy (non-hydrogen) atoms. The lowest BCUT2D eigenvalue weighted by molar-refractivity contribution is 0.0697. The highest BCUT2D eigenvalue weighted by Crippen LogP contribution is 2.15. The maximum atomic E-state index is 10.7. The molecule has 0 bridgehead atoms. The van der Waals surface area contributed by atoms with E-state index in [1.807, 2.05) is 12.1 Å². The Morgan fingerprint density at radius 2 is 2.00 bits per heavy atom. The molecule has 1 atom stereocenters. The molecule has 0 spiro atoms. The molecule has 0 amide bonds. The first-order valence-corrected chi connectivity index (χ1v) is 6.06. The summed E-state index contributed by atoms with van der Waals surface area (Å²) in [5, 5.41) is 15.6. The van der Waals surface area contributed by atoms with Gasteiger partial charge in [0, 0.05) is 11.7 Å². The van der Waals surface area contributed by atoms with Crippen molar-refractivity contribution >= 4 is 11.7 Å². The molecule has 0 aromatic heterocycles. The quantitative estimate of drug-likeness (QED) is 0.748. The lowest BCUT2D eigenvalue weighted by atomic mass is 10.1. The minimum Gasteiger partial charge on any atom is -0.478 e. The van der Waals surface area contributed by atoms with E-state index in [4.69, 9.17) is 5.11 Å². The highest BCUT2D eigenvalue weighted by molar-refractivity contribution is 5.87. The Morgan fingerprint density at radius 1 is 1.24 bits per heavy atom. The normalized spacial score (nSPS) is 20.6. The summed E-state index contributed by atoms with van der Waals surface area (Å²) in [6.07, 6.45) is 3.46. The second kappa shape index (κ2) is 5.68. The fraction of sp³-hybridized carbons (Fsp3) is 0.462.